The molecule has 2 aliphatic rings. The summed E-state index contributed by atoms with van der Waals surface area (Å²) < 4.78 is 46.8. The average Bonchev–Trinajstić information content (AvgIpc) is 3.11. The van der Waals surface area contributed by atoms with E-state index < -0.39 is 41.0 Å². The number of alkyl carbamates (subject to hydrolysis) is 1. The summed E-state index contributed by atoms with van der Waals surface area (Å²) in [6, 6.07) is -0.783. The molecule has 10 nitrogen and oxygen atoms in total. The number of halogens is 3. The molecule has 0 spiro atoms. The molecule has 0 aromatic carbocycles. The Morgan fingerprint density at radius 1 is 1.31 bits per heavy atom. The minimum Gasteiger partial charge on any atom is -0.472 e. The highest BCUT2D eigenvalue weighted by Crippen LogP contribution is 2.41. The molecule has 1 saturated heterocycles. The van der Waals surface area contributed by atoms with E-state index in [2.05, 4.69) is 15.3 Å². The number of nitrogens with zero attached hydrogens (tertiary/aromatic N) is 5. The summed E-state index contributed by atoms with van der Waals surface area (Å²) in [5.74, 6) is -0.378. The monoisotopic (exact) mass is 570 g/mol. The number of rotatable bonds is 7. The zero-order valence-electron chi connectivity index (χ0n) is 23.4. The molecule has 5 atom stereocenters. The van der Waals surface area contributed by atoms with Crippen LogP contribution in [0.1, 0.15) is 54.4 Å². The van der Waals surface area contributed by atoms with Crippen molar-refractivity contribution in [3.63, 3.8) is 0 Å². The van der Waals surface area contributed by atoms with Gasteiger partial charge in [-0.05, 0) is 54.5 Å². The maximum Gasteiger partial charge on any atom is 0.407 e. The average molecular weight is 571 g/mol. The number of alkyl halides is 1. The topological polar surface area (TPSA) is 102 Å². The summed E-state index contributed by atoms with van der Waals surface area (Å²) in [5, 5.41) is 2.69. The highest BCUT2D eigenvalue weighted by molar-refractivity contribution is 6.30. The number of aromatic nitrogens is 3. The van der Waals surface area contributed by atoms with Gasteiger partial charge in [-0.3, -0.25) is 4.90 Å². The van der Waals surface area contributed by atoms with Crippen LogP contribution in [0.15, 0.2) is 0 Å². The van der Waals surface area contributed by atoms with Gasteiger partial charge in [0.25, 0.3) is 0 Å². The van der Waals surface area contributed by atoms with Gasteiger partial charge in [0, 0.05) is 25.2 Å². The fourth-order valence-corrected chi connectivity index (χ4v) is 5.09. The van der Waals surface area contributed by atoms with E-state index in [4.69, 9.17) is 30.8 Å². The van der Waals surface area contributed by atoms with Crippen LogP contribution in [0, 0.1) is 5.82 Å². The molecule has 1 amide bonds. The van der Waals surface area contributed by atoms with E-state index in [0.717, 1.165) is 0 Å². The zero-order chi connectivity index (χ0) is 28.6. The van der Waals surface area contributed by atoms with E-state index in [9.17, 15) is 9.18 Å². The Bertz CT molecular complexity index is 1220. The van der Waals surface area contributed by atoms with Gasteiger partial charge in [0.2, 0.25) is 5.88 Å². The molecule has 2 aromatic heterocycles. The Morgan fingerprint density at radius 3 is 2.64 bits per heavy atom. The number of carbonyl (C=O) groups excluding carboxylic acids is 1. The van der Waals surface area contributed by atoms with E-state index in [0.29, 0.717) is 25.2 Å². The summed E-state index contributed by atoms with van der Waals surface area (Å²) in [7, 11) is 1.83. The summed E-state index contributed by atoms with van der Waals surface area (Å²) in [5.41, 5.74) is -0.754. The molecule has 39 heavy (non-hydrogen) atoms. The summed E-state index contributed by atoms with van der Waals surface area (Å²) in [4.78, 5) is 29.5. The molecule has 13 heteroatoms. The van der Waals surface area contributed by atoms with Crippen LogP contribution in [0.25, 0.3) is 10.9 Å². The summed E-state index contributed by atoms with van der Waals surface area (Å²) in [6.07, 6.45) is -0.988. The number of pyridine rings is 1. The number of likely N-dealkylation sites (N-methyl/N-ethyl adjacent to an activating group) is 1. The first-order valence-corrected chi connectivity index (χ1v) is 13.6. The highest BCUT2D eigenvalue weighted by atomic mass is 35.5. The SMILES string of the molecule is CCC(C)N1c2nc(OC[C@@H]3C[C@@H](F)CN3C)nc3c(F)c(Cl)nc(c23)O[C@@H](C)[C@@H]1CNC(=O)OC(C)(C)C. The third-order valence-electron chi connectivity index (χ3n) is 7.08. The molecule has 2 aromatic rings. The standard InChI is InChI=1S/C26H37ClF2N6O4/c1-8-13(2)35-17(10-30-25(36)39-26(4,5)6)14(3)38-23-18-20(19(29)21(27)32-23)31-24(33-22(18)35)37-12-16-9-15(28)11-34(16)7/h13-17H,8-12H2,1-7H3,(H,30,36)/t13?,14-,15+,16-,17-/m0/s1. The number of carbonyl (C=O) groups is 1. The molecule has 0 bridgehead atoms. The lowest BCUT2D eigenvalue weighted by Gasteiger charge is -2.38. The lowest BCUT2D eigenvalue weighted by atomic mass is 10.1. The van der Waals surface area contributed by atoms with E-state index in [-0.39, 0.29) is 48.0 Å². The normalized spacial score (nSPS) is 24.3. The molecule has 4 rings (SSSR count). The summed E-state index contributed by atoms with van der Waals surface area (Å²) >= 11 is 6.14. The van der Waals surface area contributed by atoms with Gasteiger partial charge in [-0.25, -0.2) is 13.6 Å². The van der Waals surface area contributed by atoms with Gasteiger partial charge in [-0.1, -0.05) is 18.5 Å². The Kier molecular flexibility index (Phi) is 8.55. The van der Waals surface area contributed by atoms with Gasteiger partial charge in [0.15, 0.2) is 11.0 Å². The van der Waals surface area contributed by atoms with Crippen molar-refractivity contribution in [1.29, 1.82) is 0 Å². The van der Waals surface area contributed by atoms with Gasteiger partial charge in [0.05, 0.1) is 6.04 Å². The molecule has 0 saturated carbocycles. The van der Waals surface area contributed by atoms with Crippen molar-refractivity contribution in [2.24, 2.45) is 0 Å². The second-order valence-electron chi connectivity index (χ2n) is 11.3. The number of amides is 1. The fraction of sp³-hybridized carbons (Fsp3) is 0.692. The Morgan fingerprint density at radius 2 is 2.03 bits per heavy atom. The van der Waals surface area contributed by atoms with Crippen LogP contribution < -0.4 is 19.7 Å². The van der Waals surface area contributed by atoms with Crippen LogP contribution in [0.4, 0.5) is 19.4 Å². The highest BCUT2D eigenvalue weighted by Gasteiger charge is 2.38. The predicted molar refractivity (Wildman–Crippen MR) is 144 cm³/mol. The Balaban J connectivity index is 1.76. The van der Waals surface area contributed by atoms with Gasteiger partial charge in [0.1, 0.15) is 41.2 Å². The van der Waals surface area contributed by atoms with E-state index in [1.807, 2.05) is 37.6 Å². The molecule has 1 fully saturated rings. The lowest BCUT2D eigenvalue weighted by Crippen LogP contribution is -2.54. The molecule has 4 heterocycles. The zero-order valence-corrected chi connectivity index (χ0v) is 24.2. The number of hydrogen-bond donors (Lipinski definition) is 1. The van der Waals surface area contributed by atoms with Crippen molar-refractivity contribution in [2.45, 2.75) is 90.4 Å². The summed E-state index contributed by atoms with van der Waals surface area (Å²) in [6.45, 7) is 11.8. The second kappa shape index (κ2) is 11.4. The van der Waals surface area contributed by atoms with E-state index in [1.54, 1.807) is 20.8 Å². The van der Waals surface area contributed by atoms with Crippen LogP contribution >= 0.6 is 11.6 Å². The van der Waals surface area contributed by atoms with Gasteiger partial charge in [-0.2, -0.15) is 15.0 Å². The second-order valence-corrected chi connectivity index (χ2v) is 11.6. The number of anilines is 1. The lowest BCUT2D eigenvalue weighted by molar-refractivity contribution is 0.0514. The Hall–Kier alpha value is -2.73. The van der Waals surface area contributed by atoms with Gasteiger partial charge < -0.3 is 24.4 Å². The number of likely N-dealkylation sites (tertiary alicyclic amines) is 1. The van der Waals surface area contributed by atoms with Crippen molar-refractivity contribution < 1.29 is 27.8 Å². The fourth-order valence-electron chi connectivity index (χ4n) is 4.93. The van der Waals surface area contributed by atoms with Crippen LogP contribution in [0.2, 0.25) is 5.15 Å². The number of nitrogens with one attached hydrogen (secondary N) is 1. The maximum absolute atomic E-state index is 15.4. The molecule has 216 valence electrons. The minimum absolute atomic E-state index is 0.0676. The first-order chi connectivity index (χ1) is 18.3. The first-order valence-electron chi connectivity index (χ1n) is 13.2. The third-order valence-corrected chi connectivity index (χ3v) is 7.33. The quantitative estimate of drug-likeness (QED) is 0.481. The predicted octanol–water partition coefficient (Wildman–Crippen LogP) is 4.52. The van der Waals surface area contributed by atoms with Crippen LogP contribution in [-0.2, 0) is 4.74 Å². The smallest absolute Gasteiger partial charge is 0.407 e. The van der Waals surface area contributed by atoms with Crippen molar-refractivity contribution in [2.75, 3.05) is 31.6 Å². The number of hydrogen-bond acceptors (Lipinski definition) is 9. The molecule has 1 unspecified atom stereocenters. The van der Waals surface area contributed by atoms with Gasteiger partial charge >= 0.3 is 12.1 Å². The number of ether oxygens (including phenoxy) is 3. The molecule has 2 aliphatic heterocycles. The molecular weight excluding hydrogens is 534 g/mol. The molecule has 1 N–H and O–H groups in total. The van der Waals surface area contributed by atoms with Crippen LogP contribution in [0.5, 0.6) is 11.9 Å². The van der Waals surface area contributed by atoms with Crippen molar-refractivity contribution >= 4 is 34.4 Å². The Labute approximate surface area is 232 Å². The van der Waals surface area contributed by atoms with E-state index in [1.165, 1.54) is 0 Å². The van der Waals surface area contributed by atoms with Gasteiger partial charge in [-0.15, -0.1) is 0 Å². The van der Waals surface area contributed by atoms with Crippen LogP contribution in [-0.4, -0.2) is 88.7 Å². The van der Waals surface area contributed by atoms with Crippen molar-refractivity contribution in [3.8, 4) is 11.9 Å². The molecular formula is C26H37ClF2N6O4. The minimum atomic E-state index is -0.937. The molecule has 0 radical (unpaired) electrons. The largest absolute Gasteiger partial charge is 0.472 e. The van der Waals surface area contributed by atoms with Crippen molar-refractivity contribution in [1.82, 2.24) is 25.2 Å². The van der Waals surface area contributed by atoms with Crippen LogP contribution in [0.3, 0.4) is 0 Å². The third kappa shape index (κ3) is 6.37. The van der Waals surface area contributed by atoms with E-state index >= 15 is 4.39 Å². The maximum atomic E-state index is 15.4. The first kappa shape index (κ1) is 29.3. The molecule has 0 aliphatic carbocycles. The van der Waals surface area contributed by atoms with Crippen molar-refractivity contribution in [3.05, 3.63) is 11.0 Å².